The Labute approximate surface area is 124 Å². The number of benzene rings is 2. The predicted molar refractivity (Wildman–Crippen MR) is 81.2 cm³/mol. The monoisotopic (exact) mass is 282 g/mol. The molecular weight excluding hydrogens is 264 g/mol. The highest BCUT2D eigenvalue weighted by atomic mass is 16.5. The molecule has 4 nitrogen and oxygen atoms in total. The lowest BCUT2D eigenvalue weighted by atomic mass is 10.1. The summed E-state index contributed by atoms with van der Waals surface area (Å²) in [6.07, 6.45) is 0.627. The van der Waals surface area contributed by atoms with E-state index in [4.69, 9.17) is 9.84 Å². The van der Waals surface area contributed by atoms with Gasteiger partial charge in [0.2, 0.25) is 0 Å². The molecule has 2 rings (SSSR count). The first-order valence-corrected chi connectivity index (χ1v) is 6.82. The van der Waals surface area contributed by atoms with Gasteiger partial charge >= 0.3 is 0 Å². The van der Waals surface area contributed by atoms with Crippen molar-refractivity contribution in [3.8, 4) is 17.6 Å². The van der Waals surface area contributed by atoms with E-state index < -0.39 is 0 Å². The number of ether oxygens (including phenoxy) is 1. The van der Waals surface area contributed by atoms with E-state index in [9.17, 15) is 5.26 Å². The molecule has 0 spiro atoms. The van der Waals surface area contributed by atoms with Gasteiger partial charge < -0.3 is 15.2 Å². The van der Waals surface area contributed by atoms with E-state index in [1.807, 2.05) is 49.5 Å². The zero-order valence-electron chi connectivity index (χ0n) is 12.0. The Kier molecular flexibility index (Phi) is 5.33. The van der Waals surface area contributed by atoms with E-state index in [2.05, 4.69) is 11.4 Å². The molecular formula is C17H18N2O2. The third-order valence-electron chi connectivity index (χ3n) is 3.10. The normalized spacial score (nSPS) is 10.1. The van der Waals surface area contributed by atoms with Crippen molar-refractivity contribution in [2.45, 2.75) is 13.0 Å². The number of nitrogens with zero attached hydrogens (tertiary/aromatic N) is 1. The summed E-state index contributed by atoms with van der Waals surface area (Å²) < 4.78 is 5.76. The van der Waals surface area contributed by atoms with Crippen LogP contribution in [0.3, 0.4) is 0 Å². The van der Waals surface area contributed by atoms with Crippen LogP contribution in [0.15, 0.2) is 42.5 Å². The van der Waals surface area contributed by atoms with Crippen LogP contribution in [0, 0.1) is 11.3 Å². The molecule has 0 atom stereocenters. The number of hydrogen-bond donors (Lipinski definition) is 2. The summed E-state index contributed by atoms with van der Waals surface area (Å²) >= 11 is 0. The Hall–Kier alpha value is -2.35. The average molecular weight is 282 g/mol. The summed E-state index contributed by atoms with van der Waals surface area (Å²) in [4.78, 5) is 0. The Morgan fingerprint density at radius 2 is 1.86 bits per heavy atom. The molecule has 2 aromatic rings. The molecule has 0 aliphatic rings. The second-order valence-electron chi connectivity index (χ2n) is 4.69. The SMILES string of the molecule is CNCc1ccc(Oc2ccc(CCO)cc2)c(C#N)c1. The van der Waals surface area contributed by atoms with Crippen molar-refractivity contribution in [1.29, 1.82) is 5.26 Å². The molecule has 0 unspecified atom stereocenters. The van der Waals surface area contributed by atoms with Gasteiger partial charge in [0.15, 0.2) is 0 Å². The molecule has 0 aliphatic heterocycles. The van der Waals surface area contributed by atoms with Crippen LogP contribution >= 0.6 is 0 Å². The van der Waals surface area contributed by atoms with Gasteiger partial charge in [-0.1, -0.05) is 18.2 Å². The number of rotatable bonds is 6. The van der Waals surface area contributed by atoms with Crippen molar-refractivity contribution in [2.24, 2.45) is 0 Å². The number of nitriles is 1. The van der Waals surface area contributed by atoms with Gasteiger partial charge in [-0.2, -0.15) is 5.26 Å². The number of aliphatic hydroxyl groups is 1. The van der Waals surface area contributed by atoms with E-state index >= 15 is 0 Å². The van der Waals surface area contributed by atoms with E-state index in [1.165, 1.54) is 0 Å². The fourth-order valence-corrected chi connectivity index (χ4v) is 2.05. The first-order valence-electron chi connectivity index (χ1n) is 6.82. The van der Waals surface area contributed by atoms with E-state index in [0.717, 1.165) is 11.1 Å². The number of aliphatic hydroxyl groups excluding tert-OH is 1. The summed E-state index contributed by atoms with van der Waals surface area (Å²) in [7, 11) is 1.87. The highest BCUT2D eigenvalue weighted by molar-refractivity contribution is 5.47. The molecule has 0 saturated heterocycles. The maximum Gasteiger partial charge on any atom is 0.145 e. The molecule has 21 heavy (non-hydrogen) atoms. The molecule has 0 saturated carbocycles. The molecule has 4 heteroatoms. The Balaban J connectivity index is 2.17. The largest absolute Gasteiger partial charge is 0.456 e. The fraction of sp³-hybridized carbons (Fsp3) is 0.235. The minimum absolute atomic E-state index is 0.131. The Morgan fingerprint density at radius 1 is 1.14 bits per heavy atom. The number of nitrogens with one attached hydrogen (secondary N) is 1. The van der Waals surface area contributed by atoms with Gasteiger partial charge in [-0.05, 0) is 48.9 Å². The van der Waals surface area contributed by atoms with Crippen molar-refractivity contribution in [3.05, 3.63) is 59.2 Å². The van der Waals surface area contributed by atoms with Gasteiger partial charge in [0.25, 0.3) is 0 Å². The molecule has 0 bridgehead atoms. The van der Waals surface area contributed by atoms with E-state index in [1.54, 1.807) is 0 Å². The Morgan fingerprint density at radius 3 is 2.48 bits per heavy atom. The molecule has 2 aromatic carbocycles. The zero-order valence-corrected chi connectivity index (χ0v) is 12.0. The van der Waals surface area contributed by atoms with Crippen LogP contribution in [0.1, 0.15) is 16.7 Å². The molecule has 0 aliphatic carbocycles. The average Bonchev–Trinajstić information content (AvgIpc) is 2.51. The van der Waals surface area contributed by atoms with Gasteiger partial charge in [0.05, 0.1) is 5.56 Å². The van der Waals surface area contributed by atoms with E-state index in [-0.39, 0.29) is 6.61 Å². The van der Waals surface area contributed by atoms with Crippen LogP contribution < -0.4 is 10.1 Å². The molecule has 0 heterocycles. The number of hydrogen-bond acceptors (Lipinski definition) is 4. The molecule has 108 valence electrons. The van der Waals surface area contributed by atoms with Crippen LogP contribution in [0.2, 0.25) is 0 Å². The first-order chi connectivity index (χ1) is 10.3. The third-order valence-corrected chi connectivity index (χ3v) is 3.10. The summed E-state index contributed by atoms with van der Waals surface area (Å²) in [5.41, 5.74) is 2.61. The summed E-state index contributed by atoms with van der Waals surface area (Å²) in [6.45, 7) is 0.844. The van der Waals surface area contributed by atoms with Gasteiger partial charge in [0.1, 0.15) is 17.6 Å². The lowest BCUT2D eigenvalue weighted by Crippen LogP contribution is -2.05. The van der Waals surface area contributed by atoms with Crippen LogP contribution in [0.4, 0.5) is 0 Å². The van der Waals surface area contributed by atoms with E-state index in [0.29, 0.717) is 30.0 Å². The van der Waals surface area contributed by atoms with Crippen LogP contribution in [-0.4, -0.2) is 18.8 Å². The second-order valence-corrected chi connectivity index (χ2v) is 4.69. The van der Waals surface area contributed by atoms with Crippen molar-refractivity contribution in [1.82, 2.24) is 5.32 Å². The van der Waals surface area contributed by atoms with Crippen molar-refractivity contribution < 1.29 is 9.84 Å². The van der Waals surface area contributed by atoms with Crippen LogP contribution in [0.25, 0.3) is 0 Å². The fourth-order valence-electron chi connectivity index (χ4n) is 2.05. The highest BCUT2D eigenvalue weighted by Crippen LogP contribution is 2.26. The smallest absolute Gasteiger partial charge is 0.145 e. The summed E-state index contributed by atoms with van der Waals surface area (Å²) in [5.74, 6) is 1.22. The Bertz CT molecular complexity index is 630. The molecule has 0 amide bonds. The lowest BCUT2D eigenvalue weighted by Gasteiger charge is -2.09. The van der Waals surface area contributed by atoms with Crippen LogP contribution in [-0.2, 0) is 13.0 Å². The quantitative estimate of drug-likeness (QED) is 0.854. The molecule has 0 aromatic heterocycles. The van der Waals surface area contributed by atoms with Gasteiger partial charge in [0, 0.05) is 13.2 Å². The standard InChI is InChI=1S/C17H18N2O2/c1-19-12-14-4-7-17(15(10-14)11-18)21-16-5-2-13(3-6-16)8-9-20/h2-7,10,19-20H,8-9,12H2,1H3. The topological polar surface area (TPSA) is 65.3 Å². The minimum atomic E-state index is 0.131. The molecule has 2 N–H and O–H groups in total. The van der Waals surface area contributed by atoms with Crippen LogP contribution in [0.5, 0.6) is 11.5 Å². The van der Waals surface area contributed by atoms with Gasteiger partial charge in [-0.15, -0.1) is 0 Å². The maximum absolute atomic E-state index is 9.23. The predicted octanol–water partition coefficient (Wildman–Crippen LogP) is 2.60. The lowest BCUT2D eigenvalue weighted by molar-refractivity contribution is 0.299. The highest BCUT2D eigenvalue weighted by Gasteiger charge is 2.06. The van der Waals surface area contributed by atoms with Crippen molar-refractivity contribution in [2.75, 3.05) is 13.7 Å². The zero-order chi connectivity index (χ0) is 15.1. The van der Waals surface area contributed by atoms with Gasteiger partial charge in [-0.25, -0.2) is 0 Å². The molecule has 0 radical (unpaired) electrons. The second kappa shape index (κ2) is 7.44. The van der Waals surface area contributed by atoms with Gasteiger partial charge in [-0.3, -0.25) is 0 Å². The van der Waals surface area contributed by atoms with Crippen molar-refractivity contribution in [3.63, 3.8) is 0 Å². The van der Waals surface area contributed by atoms with Crippen molar-refractivity contribution >= 4 is 0 Å². The minimum Gasteiger partial charge on any atom is -0.456 e. The summed E-state index contributed by atoms with van der Waals surface area (Å²) in [5, 5.41) is 21.2. The first kappa shape index (κ1) is 15.0. The maximum atomic E-state index is 9.23. The summed E-state index contributed by atoms with van der Waals surface area (Å²) in [6, 6.07) is 15.2. The third kappa shape index (κ3) is 4.06. The molecule has 0 fully saturated rings.